The van der Waals surface area contributed by atoms with Crippen molar-refractivity contribution in [2.45, 2.75) is 51.1 Å². The van der Waals surface area contributed by atoms with E-state index in [9.17, 15) is 4.79 Å². The highest BCUT2D eigenvalue weighted by atomic mass is 16.2. The van der Waals surface area contributed by atoms with Crippen molar-refractivity contribution in [2.24, 2.45) is 29.4 Å². The molecule has 5 nitrogen and oxygen atoms in total. The molecule has 1 aromatic carbocycles. The van der Waals surface area contributed by atoms with Gasteiger partial charge in [0, 0.05) is 38.1 Å². The van der Waals surface area contributed by atoms with Crippen molar-refractivity contribution in [3.63, 3.8) is 0 Å². The van der Waals surface area contributed by atoms with Gasteiger partial charge in [0.25, 0.3) is 0 Å². The van der Waals surface area contributed by atoms with Crippen molar-refractivity contribution >= 4 is 5.91 Å². The SMILES string of the molecule is CC(C)CN1C[C@H]2C[C@]3(C(=O)NCCCCN)NC[C@H]2[C@H]1[C@@H]3Cc1ccccc1. The highest BCUT2D eigenvalue weighted by Crippen LogP contribution is 2.52. The summed E-state index contributed by atoms with van der Waals surface area (Å²) in [5, 5.41) is 7.02. The average Bonchev–Trinajstić information content (AvgIpc) is 3.01. The van der Waals surface area contributed by atoms with Gasteiger partial charge in [-0.2, -0.15) is 0 Å². The Morgan fingerprint density at radius 1 is 1.31 bits per heavy atom. The van der Waals surface area contributed by atoms with Gasteiger partial charge in [-0.05, 0) is 55.5 Å². The van der Waals surface area contributed by atoms with Crippen molar-refractivity contribution < 1.29 is 4.79 Å². The zero-order valence-corrected chi connectivity index (χ0v) is 18.1. The predicted octanol–water partition coefficient (Wildman–Crippen LogP) is 2.02. The van der Waals surface area contributed by atoms with E-state index in [0.29, 0.717) is 36.3 Å². The van der Waals surface area contributed by atoms with Gasteiger partial charge < -0.3 is 16.4 Å². The minimum absolute atomic E-state index is 0.218. The molecule has 0 spiro atoms. The topological polar surface area (TPSA) is 70.4 Å². The van der Waals surface area contributed by atoms with Crippen LogP contribution in [0.25, 0.3) is 0 Å². The number of rotatable bonds is 9. The highest BCUT2D eigenvalue weighted by Gasteiger charge is 2.64. The van der Waals surface area contributed by atoms with Gasteiger partial charge in [-0.1, -0.05) is 44.2 Å². The first-order valence-corrected chi connectivity index (χ1v) is 11.6. The fourth-order valence-electron chi connectivity index (χ4n) is 6.32. The number of carbonyl (C=O) groups excluding carboxylic acids is 1. The minimum Gasteiger partial charge on any atom is -0.354 e. The third-order valence-corrected chi connectivity index (χ3v) is 7.44. The van der Waals surface area contributed by atoms with Crippen LogP contribution in [0.5, 0.6) is 0 Å². The molecular formula is C24H38N4O. The molecule has 0 radical (unpaired) electrons. The van der Waals surface area contributed by atoms with Crippen LogP contribution in [-0.4, -0.2) is 55.1 Å². The Kier molecular flexibility index (Phi) is 6.28. The molecule has 160 valence electrons. The molecule has 5 rings (SSSR count). The monoisotopic (exact) mass is 398 g/mol. The molecule has 0 unspecified atom stereocenters. The van der Waals surface area contributed by atoms with Gasteiger partial charge in [-0.15, -0.1) is 0 Å². The molecular weight excluding hydrogens is 360 g/mol. The molecule has 1 saturated carbocycles. The summed E-state index contributed by atoms with van der Waals surface area (Å²) >= 11 is 0. The van der Waals surface area contributed by atoms with Crippen molar-refractivity contribution in [3.05, 3.63) is 35.9 Å². The normalized spacial score (nSPS) is 33.4. The van der Waals surface area contributed by atoms with E-state index in [4.69, 9.17) is 5.73 Å². The molecule has 5 heteroatoms. The van der Waals surface area contributed by atoms with E-state index in [1.54, 1.807) is 0 Å². The van der Waals surface area contributed by atoms with Gasteiger partial charge in [0.1, 0.15) is 5.54 Å². The molecule has 1 amide bonds. The van der Waals surface area contributed by atoms with Crippen LogP contribution in [-0.2, 0) is 11.2 Å². The van der Waals surface area contributed by atoms with Crippen LogP contribution in [0.4, 0.5) is 0 Å². The van der Waals surface area contributed by atoms with Crippen molar-refractivity contribution in [1.82, 2.24) is 15.5 Å². The molecule has 5 atom stereocenters. The Morgan fingerprint density at radius 2 is 2.10 bits per heavy atom. The summed E-state index contributed by atoms with van der Waals surface area (Å²) in [6, 6.07) is 11.3. The van der Waals surface area contributed by atoms with E-state index < -0.39 is 5.54 Å². The van der Waals surface area contributed by atoms with Gasteiger partial charge in [0.05, 0.1) is 0 Å². The maximum Gasteiger partial charge on any atom is 0.240 e. The second-order valence-corrected chi connectivity index (χ2v) is 9.87. The second-order valence-electron chi connectivity index (χ2n) is 9.87. The van der Waals surface area contributed by atoms with Crippen LogP contribution in [0, 0.1) is 23.7 Å². The largest absolute Gasteiger partial charge is 0.354 e. The Labute approximate surface area is 175 Å². The maximum atomic E-state index is 13.6. The second kappa shape index (κ2) is 8.75. The standard InChI is InChI=1S/C24H38N4O/c1-17(2)15-28-16-19-13-24(23(29)26-11-7-6-10-25)21(22(28)20(19)14-27-24)12-18-8-4-3-5-9-18/h3-5,8-9,17,19-22,27H,6-7,10-16,25H2,1-2H3,(H,26,29)/t19-,20-,21+,22+,24+/m1/s1. The van der Waals surface area contributed by atoms with Crippen LogP contribution in [0.2, 0.25) is 0 Å². The fraction of sp³-hybridized carbons (Fsp3) is 0.708. The third kappa shape index (κ3) is 3.97. The van der Waals surface area contributed by atoms with Crippen LogP contribution >= 0.6 is 0 Å². The van der Waals surface area contributed by atoms with Crippen LogP contribution in [0.15, 0.2) is 30.3 Å². The predicted molar refractivity (Wildman–Crippen MR) is 117 cm³/mol. The summed E-state index contributed by atoms with van der Waals surface area (Å²) in [5.41, 5.74) is 6.53. The summed E-state index contributed by atoms with van der Waals surface area (Å²) in [6.45, 7) is 9.30. The molecule has 3 saturated heterocycles. The van der Waals surface area contributed by atoms with Gasteiger partial charge in [0.15, 0.2) is 0 Å². The first-order chi connectivity index (χ1) is 14.0. The first-order valence-electron chi connectivity index (χ1n) is 11.6. The maximum absolute atomic E-state index is 13.6. The van der Waals surface area contributed by atoms with Gasteiger partial charge in [0.2, 0.25) is 5.91 Å². The quantitative estimate of drug-likeness (QED) is 0.557. The molecule has 29 heavy (non-hydrogen) atoms. The molecule has 4 N–H and O–H groups in total. The number of amides is 1. The van der Waals surface area contributed by atoms with Crippen LogP contribution in [0.3, 0.4) is 0 Å². The molecule has 4 aliphatic rings. The van der Waals surface area contributed by atoms with E-state index in [2.05, 4.69) is 59.7 Å². The Bertz CT molecular complexity index is 693. The number of nitrogens with one attached hydrogen (secondary N) is 2. The van der Waals surface area contributed by atoms with Gasteiger partial charge in [-0.25, -0.2) is 0 Å². The Balaban J connectivity index is 1.60. The molecule has 1 aromatic rings. The lowest BCUT2D eigenvalue weighted by Gasteiger charge is -2.56. The number of likely N-dealkylation sites (tertiary alicyclic amines) is 1. The average molecular weight is 399 g/mol. The number of unbranched alkanes of at least 4 members (excludes halogenated alkanes) is 1. The van der Waals surface area contributed by atoms with E-state index in [-0.39, 0.29) is 5.91 Å². The molecule has 3 heterocycles. The molecule has 0 aromatic heterocycles. The van der Waals surface area contributed by atoms with Crippen molar-refractivity contribution in [3.8, 4) is 0 Å². The smallest absolute Gasteiger partial charge is 0.240 e. The van der Waals surface area contributed by atoms with E-state index in [0.717, 1.165) is 51.9 Å². The number of piperidine rings is 2. The zero-order valence-electron chi connectivity index (χ0n) is 18.1. The lowest BCUT2D eigenvalue weighted by Crippen LogP contribution is -2.74. The Hall–Kier alpha value is -1.43. The fourth-order valence-corrected chi connectivity index (χ4v) is 6.32. The summed E-state index contributed by atoms with van der Waals surface area (Å²) in [6.07, 6.45) is 3.86. The van der Waals surface area contributed by atoms with E-state index in [1.165, 1.54) is 5.56 Å². The van der Waals surface area contributed by atoms with Crippen LogP contribution < -0.4 is 16.4 Å². The van der Waals surface area contributed by atoms with E-state index >= 15 is 0 Å². The first kappa shape index (κ1) is 20.8. The number of nitrogens with zero attached hydrogens (tertiary/aromatic N) is 1. The molecule has 3 aliphatic heterocycles. The summed E-state index contributed by atoms with van der Waals surface area (Å²) in [5.74, 6) is 2.50. The minimum atomic E-state index is -0.436. The van der Waals surface area contributed by atoms with E-state index in [1.807, 2.05) is 0 Å². The third-order valence-electron chi connectivity index (χ3n) is 7.44. The molecule has 1 aliphatic carbocycles. The zero-order chi connectivity index (χ0) is 20.4. The molecule has 4 bridgehead atoms. The summed E-state index contributed by atoms with van der Waals surface area (Å²) in [4.78, 5) is 16.3. The number of hydrogen-bond donors (Lipinski definition) is 3. The lowest BCUT2D eigenvalue weighted by molar-refractivity contribution is -0.138. The summed E-state index contributed by atoms with van der Waals surface area (Å²) < 4.78 is 0. The van der Waals surface area contributed by atoms with Crippen LogP contribution in [0.1, 0.15) is 38.7 Å². The summed E-state index contributed by atoms with van der Waals surface area (Å²) in [7, 11) is 0. The number of benzene rings is 1. The van der Waals surface area contributed by atoms with Gasteiger partial charge >= 0.3 is 0 Å². The Morgan fingerprint density at radius 3 is 2.83 bits per heavy atom. The number of hydrogen-bond acceptors (Lipinski definition) is 4. The van der Waals surface area contributed by atoms with Crippen molar-refractivity contribution in [2.75, 3.05) is 32.7 Å². The molecule has 4 fully saturated rings. The number of carbonyl (C=O) groups is 1. The van der Waals surface area contributed by atoms with Gasteiger partial charge in [-0.3, -0.25) is 9.69 Å². The number of fused-ring (bicyclic) bond motifs is 1. The lowest BCUT2D eigenvalue weighted by atomic mass is 9.58. The highest BCUT2D eigenvalue weighted by molar-refractivity contribution is 5.87. The van der Waals surface area contributed by atoms with Crippen molar-refractivity contribution in [1.29, 1.82) is 0 Å². The number of nitrogens with two attached hydrogens (primary N) is 1.